The summed E-state index contributed by atoms with van der Waals surface area (Å²) in [6.07, 6.45) is 0. The molecular formula is C11H9BrClN3O2. The van der Waals surface area contributed by atoms with E-state index in [-0.39, 0.29) is 12.4 Å². The number of aromatic nitrogens is 3. The molecule has 1 aromatic heterocycles. The molecule has 2 aromatic rings. The van der Waals surface area contributed by atoms with Crippen LogP contribution in [0.2, 0.25) is 5.02 Å². The molecule has 94 valence electrons. The standard InChI is InChI=1S/C11H9BrClN3O2/c1-2-18-11(17)10-14-9(15-16-10)6-3-7(12)5-8(13)4-6/h3-5H,2H2,1H3,(H,14,15,16). The number of nitrogens with one attached hydrogen (secondary N) is 1. The normalized spacial score (nSPS) is 10.4. The molecule has 0 unspecified atom stereocenters. The van der Waals surface area contributed by atoms with Gasteiger partial charge in [0.05, 0.1) is 6.61 Å². The van der Waals surface area contributed by atoms with Crippen molar-refractivity contribution in [2.45, 2.75) is 6.92 Å². The van der Waals surface area contributed by atoms with Gasteiger partial charge in [-0.15, -0.1) is 0 Å². The molecule has 0 aliphatic carbocycles. The van der Waals surface area contributed by atoms with Crippen molar-refractivity contribution in [3.8, 4) is 11.4 Å². The van der Waals surface area contributed by atoms with Gasteiger partial charge in [-0.25, -0.2) is 9.78 Å². The second-order valence-electron chi connectivity index (χ2n) is 3.39. The van der Waals surface area contributed by atoms with Crippen molar-refractivity contribution in [2.75, 3.05) is 6.61 Å². The highest BCUT2D eigenvalue weighted by Gasteiger charge is 2.14. The van der Waals surface area contributed by atoms with Gasteiger partial charge in [0.2, 0.25) is 5.82 Å². The SMILES string of the molecule is CCOC(=O)c1nc(-c2cc(Cl)cc(Br)c2)n[nH]1. The lowest BCUT2D eigenvalue weighted by Gasteiger charge is -1.98. The first-order valence-corrected chi connectivity index (χ1v) is 6.33. The molecule has 1 N–H and O–H groups in total. The van der Waals surface area contributed by atoms with E-state index in [4.69, 9.17) is 16.3 Å². The highest BCUT2D eigenvalue weighted by atomic mass is 79.9. The molecular weight excluding hydrogens is 321 g/mol. The van der Waals surface area contributed by atoms with Gasteiger partial charge in [-0.2, -0.15) is 5.10 Å². The van der Waals surface area contributed by atoms with E-state index >= 15 is 0 Å². The van der Waals surface area contributed by atoms with E-state index in [1.807, 2.05) is 6.07 Å². The van der Waals surface area contributed by atoms with Gasteiger partial charge in [0, 0.05) is 15.1 Å². The minimum absolute atomic E-state index is 0.0722. The first kappa shape index (κ1) is 13.0. The maximum absolute atomic E-state index is 11.4. The lowest BCUT2D eigenvalue weighted by atomic mass is 10.2. The largest absolute Gasteiger partial charge is 0.460 e. The lowest BCUT2D eigenvalue weighted by Crippen LogP contribution is -2.06. The summed E-state index contributed by atoms with van der Waals surface area (Å²) in [7, 11) is 0. The van der Waals surface area contributed by atoms with E-state index in [0.717, 1.165) is 4.47 Å². The maximum Gasteiger partial charge on any atom is 0.375 e. The summed E-state index contributed by atoms with van der Waals surface area (Å²) in [6, 6.07) is 5.28. The third-order valence-corrected chi connectivity index (χ3v) is 2.75. The Labute approximate surface area is 117 Å². The summed E-state index contributed by atoms with van der Waals surface area (Å²) in [4.78, 5) is 15.5. The summed E-state index contributed by atoms with van der Waals surface area (Å²) in [5, 5.41) is 7.05. The van der Waals surface area contributed by atoms with Crippen LogP contribution in [0.5, 0.6) is 0 Å². The van der Waals surface area contributed by atoms with Crippen LogP contribution < -0.4 is 0 Å². The van der Waals surface area contributed by atoms with Crippen molar-refractivity contribution in [2.24, 2.45) is 0 Å². The summed E-state index contributed by atoms with van der Waals surface area (Å²) >= 11 is 9.26. The Bertz CT molecular complexity index is 565. The van der Waals surface area contributed by atoms with E-state index in [2.05, 4.69) is 31.1 Å². The molecule has 0 bridgehead atoms. The zero-order valence-electron chi connectivity index (χ0n) is 9.41. The minimum atomic E-state index is -0.530. The highest BCUT2D eigenvalue weighted by Crippen LogP contribution is 2.25. The summed E-state index contributed by atoms with van der Waals surface area (Å²) < 4.78 is 5.63. The lowest BCUT2D eigenvalue weighted by molar-refractivity contribution is 0.0512. The molecule has 0 radical (unpaired) electrons. The smallest absolute Gasteiger partial charge is 0.375 e. The monoisotopic (exact) mass is 329 g/mol. The zero-order valence-corrected chi connectivity index (χ0v) is 11.7. The Morgan fingerprint density at radius 2 is 2.28 bits per heavy atom. The first-order chi connectivity index (χ1) is 8.60. The molecule has 2 rings (SSSR count). The molecule has 0 aliphatic rings. The second kappa shape index (κ2) is 5.49. The van der Waals surface area contributed by atoms with Crippen LogP contribution in [-0.4, -0.2) is 27.8 Å². The van der Waals surface area contributed by atoms with Crippen molar-refractivity contribution in [1.82, 2.24) is 15.2 Å². The number of benzene rings is 1. The Morgan fingerprint density at radius 3 is 2.94 bits per heavy atom. The Balaban J connectivity index is 2.32. The van der Waals surface area contributed by atoms with E-state index in [1.54, 1.807) is 19.1 Å². The van der Waals surface area contributed by atoms with Gasteiger partial charge in [0.1, 0.15) is 0 Å². The van der Waals surface area contributed by atoms with E-state index in [0.29, 0.717) is 16.4 Å². The van der Waals surface area contributed by atoms with Gasteiger partial charge in [0.25, 0.3) is 0 Å². The van der Waals surface area contributed by atoms with Crippen LogP contribution in [0.25, 0.3) is 11.4 Å². The predicted molar refractivity (Wildman–Crippen MR) is 70.5 cm³/mol. The van der Waals surface area contributed by atoms with Gasteiger partial charge in [-0.3, -0.25) is 5.10 Å². The minimum Gasteiger partial charge on any atom is -0.460 e. The molecule has 5 nitrogen and oxygen atoms in total. The van der Waals surface area contributed by atoms with Gasteiger partial charge in [-0.05, 0) is 25.1 Å². The molecule has 18 heavy (non-hydrogen) atoms. The number of hydrogen-bond acceptors (Lipinski definition) is 4. The Kier molecular flexibility index (Phi) is 3.98. The number of aromatic amines is 1. The van der Waals surface area contributed by atoms with Gasteiger partial charge < -0.3 is 4.74 Å². The third-order valence-electron chi connectivity index (χ3n) is 2.07. The second-order valence-corrected chi connectivity index (χ2v) is 4.74. The van der Waals surface area contributed by atoms with Crippen LogP contribution in [-0.2, 0) is 4.74 Å². The Morgan fingerprint density at radius 1 is 1.50 bits per heavy atom. The summed E-state index contributed by atoms with van der Waals surface area (Å²) in [5.41, 5.74) is 0.709. The molecule has 0 aliphatic heterocycles. The fourth-order valence-corrected chi connectivity index (χ4v) is 2.22. The Hall–Kier alpha value is -1.40. The fourth-order valence-electron chi connectivity index (χ4n) is 1.36. The molecule has 0 spiro atoms. The topological polar surface area (TPSA) is 67.9 Å². The van der Waals surface area contributed by atoms with Crippen LogP contribution in [0.15, 0.2) is 22.7 Å². The van der Waals surface area contributed by atoms with Crippen molar-refractivity contribution in [3.63, 3.8) is 0 Å². The van der Waals surface area contributed by atoms with Crippen molar-refractivity contribution in [3.05, 3.63) is 33.5 Å². The number of halogens is 2. The van der Waals surface area contributed by atoms with Crippen LogP contribution in [0.3, 0.4) is 0 Å². The molecule has 1 heterocycles. The molecule has 0 saturated heterocycles. The van der Waals surface area contributed by atoms with Gasteiger partial charge in [0.15, 0.2) is 5.82 Å². The van der Waals surface area contributed by atoms with Crippen LogP contribution in [0.4, 0.5) is 0 Å². The molecule has 0 amide bonds. The first-order valence-electron chi connectivity index (χ1n) is 5.16. The summed E-state index contributed by atoms with van der Waals surface area (Å²) in [6.45, 7) is 2.01. The number of carbonyl (C=O) groups excluding carboxylic acids is 1. The molecule has 7 heteroatoms. The van der Waals surface area contributed by atoms with Crippen molar-refractivity contribution in [1.29, 1.82) is 0 Å². The van der Waals surface area contributed by atoms with E-state index in [1.165, 1.54) is 0 Å². The quantitative estimate of drug-likeness (QED) is 0.878. The van der Waals surface area contributed by atoms with Crippen molar-refractivity contribution >= 4 is 33.5 Å². The average molecular weight is 331 g/mol. The number of rotatable bonds is 3. The number of ether oxygens (including phenoxy) is 1. The van der Waals surface area contributed by atoms with Crippen LogP contribution in [0.1, 0.15) is 17.5 Å². The number of esters is 1. The zero-order chi connectivity index (χ0) is 13.1. The highest BCUT2D eigenvalue weighted by molar-refractivity contribution is 9.10. The van der Waals surface area contributed by atoms with E-state index < -0.39 is 5.97 Å². The average Bonchev–Trinajstić information content (AvgIpc) is 2.77. The maximum atomic E-state index is 11.4. The molecule has 0 saturated carbocycles. The van der Waals surface area contributed by atoms with Gasteiger partial charge in [-0.1, -0.05) is 27.5 Å². The fraction of sp³-hybridized carbons (Fsp3) is 0.182. The third kappa shape index (κ3) is 2.88. The number of hydrogen-bond donors (Lipinski definition) is 1. The molecule has 1 aromatic carbocycles. The number of nitrogens with zero attached hydrogens (tertiary/aromatic N) is 2. The van der Waals surface area contributed by atoms with Crippen LogP contribution >= 0.6 is 27.5 Å². The number of carbonyl (C=O) groups is 1. The van der Waals surface area contributed by atoms with Crippen molar-refractivity contribution < 1.29 is 9.53 Å². The van der Waals surface area contributed by atoms with E-state index in [9.17, 15) is 4.79 Å². The van der Waals surface area contributed by atoms with Crippen LogP contribution in [0, 0.1) is 0 Å². The molecule has 0 atom stereocenters. The predicted octanol–water partition coefficient (Wildman–Crippen LogP) is 3.06. The summed E-state index contributed by atoms with van der Waals surface area (Å²) in [5.74, 6) is -0.0680. The van der Waals surface area contributed by atoms with Gasteiger partial charge >= 0.3 is 5.97 Å². The number of H-pyrrole nitrogens is 1. The molecule has 0 fully saturated rings.